The second-order valence-corrected chi connectivity index (χ2v) is 3.98. The Morgan fingerprint density at radius 3 is 2.78 bits per heavy atom. The minimum absolute atomic E-state index is 0.495. The summed E-state index contributed by atoms with van der Waals surface area (Å²) >= 11 is 1.96. The topological polar surface area (TPSA) is 26.0 Å². The van der Waals surface area contributed by atoms with E-state index in [2.05, 4.69) is 6.92 Å². The fourth-order valence-electron chi connectivity index (χ4n) is 0.914. The molecule has 0 saturated heterocycles. The Labute approximate surface area is 61.4 Å². The lowest BCUT2D eigenvalue weighted by Gasteiger charge is -2.06. The summed E-state index contributed by atoms with van der Waals surface area (Å²) in [6.07, 6.45) is 2.76. The summed E-state index contributed by atoms with van der Waals surface area (Å²) in [6.45, 7) is 2.18. The highest BCUT2D eigenvalue weighted by Gasteiger charge is 2.27. The van der Waals surface area contributed by atoms with Crippen molar-refractivity contribution in [2.45, 2.75) is 25.8 Å². The van der Waals surface area contributed by atoms with Crippen molar-refractivity contribution in [3.8, 4) is 0 Å². The van der Waals surface area contributed by atoms with E-state index in [4.69, 9.17) is 5.73 Å². The maximum atomic E-state index is 5.84. The third-order valence-electron chi connectivity index (χ3n) is 1.74. The fourth-order valence-corrected chi connectivity index (χ4v) is 1.69. The quantitative estimate of drug-likeness (QED) is 0.648. The molecule has 0 aromatic rings. The summed E-state index contributed by atoms with van der Waals surface area (Å²) in [4.78, 5) is 0. The molecule has 1 rings (SSSR count). The van der Waals surface area contributed by atoms with E-state index >= 15 is 0 Å². The molecule has 0 aromatic carbocycles. The molecule has 1 saturated carbocycles. The Bertz CT molecular complexity index is 81.0. The van der Waals surface area contributed by atoms with Gasteiger partial charge < -0.3 is 5.73 Å². The van der Waals surface area contributed by atoms with Crippen LogP contribution in [0.5, 0.6) is 0 Å². The van der Waals surface area contributed by atoms with Gasteiger partial charge >= 0.3 is 0 Å². The number of thioether (sulfide) groups is 1. The average Bonchev–Trinajstić information content (AvgIpc) is 2.63. The first-order valence-corrected chi connectivity index (χ1v) is 4.83. The normalized spacial score (nSPS) is 22.0. The lowest BCUT2D eigenvalue weighted by Crippen LogP contribution is -2.25. The maximum Gasteiger partial charge on any atom is 0.0158 e. The highest BCUT2D eigenvalue weighted by atomic mass is 32.2. The predicted molar refractivity (Wildman–Crippen MR) is 43.7 cm³/mol. The molecule has 0 heterocycles. The SMILES string of the molecule is CCSCC(N)C1CC1. The van der Waals surface area contributed by atoms with E-state index in [-0.39, 0.29) is 0 Å². The molecule has 1 fully saturated rings. The van der Waals surface area contributed by atoms with E-state index < -0.39 is 0 Å². The zero-order valence-electron chi connectivity index (χ0n) is 5.97. The van der Waals surface area contributed by atoms with E-state index in [1.165, 1.54) is 24.3 Å². The summed E-state index contributed by atoms with van der Waals surface area (Å²) in [5.74, 6) is 3.26. The van der Waals surface area contributed by atoms with Crippen LogP contribution in [-0.4, -0.2) is 17.5 Å². The fraction of sp³-hybridized carbons (Fsp3) is 1.00. The number of rotatable bonds is 4. The zero-order valence-corrected chi connectivity index (χ0v) is 6.79. The van der Waals surface area contributed by atoms with E-state index in [1.807, 2.05) is 11.8 Å². The van der Waals surface area contributed by atoms with E-state index in [9.17, 15) is 0 Å². The van der Waals surface area contributed by atoms with Gasteiger partial charge in [-0.3, -0.25) is 0 Å². The van der Waals surface area contributed by atoms with Crippen LogP contribution in [0.1, 0.15) is 19.8 Å². The van der Waals surface area contributed by atoms with Crippen LogP contribution in [-0.2, 0) is 0 Å². The van der Waals surface area contributed by atoms with Gasteiger partial charge in [0.1, 0.15) is 0 Å². The van der Waals surface area contributed by atoms with Gasteiger partial charge in [-0.25, -0.2) is 0 Å². The molecule has 1 nitrogen and oxygen atoms in total. The molecule has 0 amide bonds. The third kappa shape index (κ3) is 2.59. The lowest BCUT2D eigenvalue weighted by atomic mass is 10.2. The van der Waals surface area contributed by atoms with Gasteiger partial charge in [-0.05, 0) is 24.5 Å². The molecular formula is C7H15NS. The van der Waals surface area contributed by atoms with E-state index in [0.717, 1.165) is 5.92 Å². The van der Waals surface area contributed by atoms with Crippen molar-refractivity contribution in [1.29, 1.82) is 0 Å². The largest absolute Gasteiger partial charge is 0.327 e. The van der Waals surface area contributed by atoms with Crippen LogP contribution in [0.25, 0.3) is 0 Å². The van der Waals surface area contributed by atoms with Crippen LogP contribution >= 0.6 is 11.8 Å². The monoisotopic (exact) mass is 145 g/mol. The Morgan fingerprint density at radius 1 is 1.67 bits per heavy atom. The first kappa shape index (κ1) is 7.42. The van der Waals surface area contributed by atoms with Crippen molar-refractivity contribution >= 4 is 11.8 Å². The van der Waals surface area contributed by atoms with Crippen LogP contribution in [0.4, 0.5) is 0 Å². The predicted octanol–water partition coefficient (Wildman–Crippen LogP) is 1.48. The molecule has 1 aliphatic carbocycles. The van der Waals surface area contributed by atoms with Crippen LogP contribution in [0, 0.1) is 5.92 Å². The summed E-state index contributed by atoms with van der Waals surface area (Å²) in [6, 6.07) is 0.495. The molecule has 1 atom stereocenters. The highest BCUT2D eigenvalue weighted by Crippen LogP contribution is 2.32. The summed E-state index contributed by atoms with van der Waals surface area (Å²) in [5.41, 5.74) is 5.84. The highest BCUT2D eigenvalue weighted by molar-refractivity contribution is 7.99. The molecule has 1 aliphatic rings. The van der Waals surface area contributed by atoms with Crippen molar-refractivity contribution in [3.63, 3.8) is 0 Å². The van der Waals surface area contributed by atoms with Gasteiger partial charge in [-0.15, -0.1) is 0 Å². The molecule has 0 radical (unpaired) electrons. The van der Waals surface area contributed by atoms with Crippen LogP contribution in [0.3, 0.4) is 0 Å². The standard InChI is InChI=1S/C7H15NS/c1-2-9-5-7(8)6-3-4-6/h6-7H,2-5,8H2,1H3. The first-order chi connectivity index (χ1) is 4.34. The van der Waals surface area contributed by atoms with Crippen molar-refractivity contribution in [2.75, 3.05) is 11.5 Å². The van der Waals surface area contributed by atoms with Crippen LogP contribution < -0.4 is 5.73 Å². The summed E-state index contributed by atoms with van der Waals surface area (Å²) in [7, 11) is 0. The van der Waals surface area contributed by atoms with Crippen molar-refractivity contribution in [3.05, 3.63) is 0 Å². The number of nitrogens with two attached hydrogens (primary N) is 1. The Balaban J connectivity index is 1.96. The molecule has 54 valence electrons. The Hall–Kier alpha value is 0.310. The third-order valence-corrected chi connectivity index (χ3v) is 2.77. The van der Waals surface area contributed by atoms with Gasteiger partial charge in [0.15, 0.2) is 0 Å². The second-order valence-electron chi connectivity index (χ2n) is 2.66. The molecule has 0 aliphatic heterocycles. The van der Waals surface area contributed by atoms with Gasteiger partial charge in [0, 0.05) is 11.8 Å². The molecule has 2 heteroatoms. The van der Waals surface area contributed by atoms with Crippen LogP contribution in [0.15, 0.2) is 0 Å². The first-order valence-electron chi connectivity index (χ1n) is 3.68. The minimum Gasteiger partial charge on any atom is -0.327 e. The van der Waals surface area contributed by atoms with Gasteiger partial charge in [0.25, 0.3) is 0 Å². The number of hydrogen-bond acceptors (Lipinski definition) is 2. The van der Waals surface area contributed by atoms with E-state index in [0.29, 0.717) is 6.04 Å². The van der Waals surface area contributed by atoms with Gasteiger partial charge in [0.05, 0.1) is 0 Å². The lowest BCUT2D eigenvalue weighted by molar-refractivity contribution is 0.659. The molecule has 0 bridgehead atoms. The van der Waals surface area contributed by atoms with Gasteiger partial charge in [-0.2, -0.15) is 11.8 Å². The molecule has 0 aromatic heterocycles. The molecule has 2 N–H and O–H groups in total. The van der Waals surface area contributed by atoms with Crippen molar-refractivity contribution < 1.29 is 0 Å². The molecule has 1 unspecified atom stereocenters. The van der Waals surface area contributed by atoms with Gasteiger partial charge in [-0.1, -0.05) is 6.92 Å². The molecule has 0 spiro atoms. The van der Waals surface area contributed by atoms with Crippen LogP contribution in [0.2, 0.25) is 0 Å². The maximum absolute atomic E-state index is 5.84. The Kier molecular flexibility index (Phi) is 2.86. The van der Waals surface area contributed by atoms with E-state index in [1.54, 1.807) is 0 Å². The summed E-state index contributed by atoms with van der Waals surface area (Å²) < 4.78 is 0. The minimum atomic E-state index is 0.495. The Morgan fingerprint density at radius 2 is 2.33 bits per heavy atom. The van der Waals surface area contributed by atoms with Crippen molar-refractivity contribution in [1.82, 2.24) is 0 Å². The summed E-state index contributed by atoms with van der Waals surface area (Å²) in [5, 5.41) is 0. The average molecular weight is 145 g/mol. The molecular weight excluding hydrogens is 130 g/mol. The van der Waals surface area contributed by atoms with Gasteiger partial charge in [0.2, 0.25) is 0 Å². The molecule has 9 heavy (non-hydrogen) atoms. The number of hydrogen-bond donors (Lipinski definition) is 1. The van der Waals surface area contributed by atoms with Crippen molar-refractivity contribution in [2.24, 2.45) is 11.7 Å². The zero-order chi connectivity index (χ0) is 6.69. The smallest absolute Gasteiger partial charge is 0.0158 e. The second kappa shape index (κ2) is 3.47.